The summed E-state index contributed by atoms with van der Waals surface area (Å²) in [5.41, 5.74) is 11.0. The lowest BCUT2D eigenvalue weighted by atomic mass is 9.98. The number of hydrogen-bond donors (Lipinski definition) is 0. The first-order chi connectivity index (χ1) is 31.7. The highest BCUT2D eigenvalue weighted by Gasteiger charge is 2.24. The van der Waals surface area contributed by atoms with Gasteiger partial charge in [-0.2, -0.15) is 9.97 Å². The summed E-state index contributed by atoms with van der Waals surface area (Å²) in [7, 11) is 0. The monoisotopic (exact) mass is 835 g/mol. The van der Waals surface area contributed by atoms with Gasteiger partial charge in [-0.3, -0.25) is 4.57 Å². The first kappa shape index (κ1) is 35.2. The van der Waals surface area contributed by atoms with Crippen LogP contribution in [-0.4, -0.2) is 24.1 Å². The number of rotatable bonds is 5. The largest absolute Gasteiger partial charge is 0.455 e. The second-order valence-electron chi connectivity index (χ2n) is 16.3. The van der Waals surface area contributed by atoms with Gasteiger partial charge in [0.1, 0.15) is 11.2 Å². The van der Waals surface area contributed by atoms with Gasteiger partial charge in [-0.1, -0.05) is 152 Å². The van der Waals surface area contributed by atoms with Crippen molar-refractivity contribution in [2.75, 3.05) is 0 Å². The van der Waals surface area contributed by atoms with Crippen LogP contribution in [0.1, 0.15) is 0 Å². The second kappa shape index (κ2) is 13.6. The summed E-state index contributed by atoms with van der Waals surface area (Å²) in [6.45, 7) is 0. The van der Waals surface area contributed by atoms with Crippen molar-refractivity contribution in [1.82, 2.24) is 24.1 Å². The average Bonchev–Trinajstić information content (AvgIpc) is 4.12. The van der Waals surface area contributed by atoms with E-state index in [-0.39, 0.29) is 0 Å². The van der Waals surface area contributed by atoms with Crippen molar-refractivity contribution in [2.24, 2.45) is 0 Å². The third-order valence-electron chi connectivity index (χ3n) is 12.8. The molecule has 0 atom stereocenters. The molecule has 0 aliphatic rings. The highest BCUT2D eigenvalue weighted by Crippen LogP contribution is 2.45. The van der Waals surface area contributed by atoms with Crippen LogP contribution >= 0.6 is 11.3 Å². The Labute approximate surface area is 369 Å². The number of furan rings is 1. The molecule has 5 heterocycles. The van der Waals surface area contributed by atoms with Gasteiger partial charge in [-0.05, 0) is 48.5 Å². The van der Waals surface area contributed by atoms with Crippen LogP contribution in [0.4, 0.5) is 0 Å². The van der Waals surface area contributed by atoms with Crippen LogP contribution in [0.5, 0.6) is 0 Å². The van der Waals surface area contributed by atoms with Crippen molar-refractivity contribution in [3.8, 4) is 45.5 Å². The molecular formula is C57H33N5OS. The predicted octanol–water partition coefficient (Wildman–Crippen LogP) is 15.3. The van der Waals surface area contributed by atoms with Gasteiger partial charge >= 0.3 is 0 Å². The molecule has 0 spiro atoms. The number of fused-ring (bicyclic) bond motifs is 12. The number of thiophene rings is 1. The molecule has 6 nitrogen and oxygen atoms in total. The van der Waals surface area contributed by atoms with Gasteiger partial charge < -0.3 is 8.98 Å². The van der Waals surface area contributed by atoms with E-state index in [1.54, 1.807) is 11.3 Å². The molecular weight excluding hydrogens is 803 g/mol. The molecule has 0 saturated heterocycles. The van der Waals surface area contributed by atoms with Crippen LogP contribution < -0.4 is 0 Å². The highest BCUT2D eigenvalue weighted by atomic mass is 32.1. The third kappa shape index (κ3) is 5.10. The van der Waals surface area contributed by atoms with Gasteiger partial charge in [0, 0.05) is 80.4 Å². The summed E-state index contributed by atoms with van der Waals surface area (Å²) in [4.78, 5) is 16.1. The van der Waals surface area contributed by atoms with Crippen LogP contribution in [0, 0.1) is 0 Å². The summed E-state index contributed by atoms with van der Waals surface area (Å²) in [6, 6.07) is 70.7. The van der Waals surface area contributed by atoms with Crippen LogP contribution in [0.2, 0.25) is 0 Å². The molecule has 298 valence electrons. The summed E-state index contributed by atoms with van der Waals surface area (Å²) in [6.07, 6.45) is 0. The summed E-state index contributed by atoms with van der Waals surface area (Å²) in [5.74, 6) is 1.73. The maximum atomic E-state index is 6.99. The van der Waals surface area contributed by atoms with Gasteiger partial charge in [0.2, 0.25) is 5.95 Å². The minimum Gasteiger partial charge on any atom is -0.455 e. The van der Waals surface area contributed by atoms with Crippen molar-refractivity contribution in [3.63, 3.8) is 0 Å². The van der Waals surface area contributed by atoms with Gasteiger partial charge in [0.25, 0.3) is 0 Å². The van der Waals surface area contributed by atoms with Crippen LogP contribution in [0.3, 0.4) is 0 Å². The van der Waals surface area contributed by atoms with E-state index in [1.807, 2.05) is 6.07 Å². The standard InChI is InChI=1S/C57H33N5OS/c1-2-15-35(16-3-1)61-46-26-8-6-19-38(46)41-21-12-22-42(53(41)61)43-23-13-24-44-52-45(25-14-29-49(52)63-54(43)44)56-58-55(34-31-32-40-39-20-7-11-30-50(39)64-51(40)33-34)59-57(60-56)62-47-27-9-4-17-36(47)37-18-5-10-28-48(37)62/h1-33H. The lowest BCUT2D eigenvalue weighted by Gasteiger charge is -2.12. The smallest absolute Gasteiger partial charge is 0.238 e. The van der Waals surface area contributed by atoms with E-state index in [0.29, 0.717) is 17.6 Å². The van der Waals surface area contributed by atoms with Crippen molar-refractivity contribution in [3.05, 3.63) is 200 Å². The molecule has 0 saturated carbocycles. The number of aromatic nitrogens is 5. The van der Waals surface area contributed by atoms with E-state index in [1.165, 1.54) is 30.9 Å². The zero-order chi connectivity index (χ0) is 41.9. The maximum Gasteiger partial charge on any atom is 0.238 e. The van der Waals surface area contributed by atoms with Crippen molar-refractivity contribution in [1.29, 1.82) is 0 Å². The van der Waals surface area contributed by atoms with Gasteiger partial charge in [-0.25, -0.2) is 4.98 Å². The number of benzene rings is 9. The van der Waals surface area contributed by atoms with Crippen molar-refractivity contribution < 1.29 is 4.42 Å². The predicted molar refractivity (Wildman–Crippen MR) is 265 cm³/mol. The summed E-state index contributed by atoms with van der Waals surface area (Å²) >= 11 is 1.79. The average molecular weight is 836 g/mol. The van der Waals surface area contributed by atoms with Crippen molar-refractivity contribution in [2.45, 2.75) is 0 Å². The number of hydrogen-bond acceptors (Lipinski definition) is 5. The molecule has 64 heavy (non-hydrogen) atoms. The molecule has 9 aromatic carbocycles. The Balaban J connectivity index is 1.03. The molecule has 5 aromatic heterocycles. The number of para-hydroxylation sites is 6. The maximum absolute atomic E-state index is 6.99. The molecule has 0 aliphatic heterocycles. The molecule has 14 rings (SSSR count). The molecule has 0 unspecified atom stereocenters. The fourth-order valence-electron chi connectivity index (χ4n) is 10.0. The quantitative estimate of drug-likeness (QED) is 0.173. The minimum atomic E-state index is 0.555. The van der Waals surface area contributed by atoms with E-state index in [9.17, 15) is 0 Å². The van der Waals surface area contributed by atoms with E-state index in [0.717, 1.165) is 82.7 Å². The van der Waals surface area contributed by atoms with E-state index >= 15 is 0 Å². The fourth-order valence-corrected chi connectivity index (χ4v) is 11.2. The zero-order valence-corrected chi connectivity index (χ0v) is 34.9. The SMILES string of the molecule is c1ccc(-n2c3ccccc3c3cccc(-c4cccc5c4oc4cccc(-c6nc(-c7ccc8c(c7)sc7ccccc78)nc(-n7c8ccccc8c8ccccc87)n6)c45)c32)cc1. The Morgan fingerprint density at radius 3 is 1.75 bits per heavy atom. The zero-order valence-electron chi connectivity index (χ0n) is 34.1. The molecule has 7 heteroatoms. The second-order valence-corrected chi connectivity index (χ2v) is 17.4. The lowest BCUT2D eigenvalue weighted by molar-refractivity contribution is 0.670. The van der Waals surface area contributed by atoms with Crippen molar-refractivity contribution >= 4 is 97.1 Å². The summed E-state index contributed by atoms with van der Waals surface area (Å²) < 4.78 is 14.0. The molecule has 14 aromatic rings. The first-order valence-electron chi connectivity index (χ1n) is 21.4. The Morgan fingerprint density at radius 2 is 0.969 bits per heavy atom. The Morgan fingerprint density at radius 1 is 0.391 bits per heavy atom. The highest BCUT2D eigenvalue weighted by molar-refractivity contribution is 7.25. The van der Waals surface area contributed by atoms with E-state index in [2.05, 4.69) is 203 Å². The Bertz CT molecular complexity index is 4160. The Hall–Kier alpha value is -8.39. The fraction of sp³-hybridized carbons (Fsp3) is 0. The minimum absolute atomic E-state index is 0.555. The topological polar surface area (TPSA) is 61.7 Å². The van der Waals surface area contributed by atoms with E-state index in [4.69, 9.17) is 19.4 Å². The molecule has 0 radical (unpaired) electrons. The van der Waals surface area contributed by atoms with Gasteiger partial charge in [0.05, 0.1) is 22.1 Å². The normalized spacial score (nSPS) is 12.1. The van der Waals surface area contributed by atoms with E-state index < -0.39 is 0 Å². The van der Waals surface area contributed by atoms with Gasteiger partial charge in [0.15, 0.2) is 11.6 Å². The van der Waals surface area contributed by atoms with Gasteiger partial charge in [-0.15, -0.1) is 11.3 Å². The third-order valence-corrected chi connectivity index (χ3v) is 13.9. The molecule has 0 fully saturated rings. The summed E-state index contributed by atoms with van der Waals surface area (Å²) in [5, 5.41) is 9.12. The Kier molecular flexibility index (Phi) is 7.46. The van der Waals surface area contributed by atoms with Crippen LogP contribution in [0.15, 0.2) is 205 Å². The molecule has 0 amide bonds. The number of nitrogens with zero attached hydrogens (tertiary/aromatic N) is 5. The molecule has 0 N–H and O–H groups in total. The van der Waals surface area contributed by atoms with Crippen LogP contribution in [0.25, 0.3) is 131 Å². The molecule has 0 aliphatic carbocycles. The lowest BCUT2D eigenvalue weighted by Crippen LogP contribution is -2.06. The van der Waals surface area contributed by atoms with Crippen LogP contribution in [-0.2, 0) is 0 Å². The first-order valence-corrected chi connectivity index (χ1v) is 22.3. The molecule has 0 bridgehead atoms.